The fourth-order valence-electron chi connectivity index (χ4n) is 3.12. The van der Waals surface area contributed by atoms with E-state index >= 15 is 0 Å². The average molecular weight is 437 g/mol. The van der Waals surface area contributed by atoms with Crippen molar-refractivity contribution in [1.82, 2.24) is 15.0 Å². The second-order valence-electron chi connectivity index (χ2n) is 6.84. The predicted octanol–water partition coefficient (Wildman–Crippen LogP) is 3.63. The number of hydrogen-bond donors (Lipinski definition) is 3. The van der Waals surface area contributed by atoms with Gasteiger partial charge in [-0.05, 0) is 30.4 Å². The quantitative estimate of drug-likeness (QED) is 0.511. The van der Waals surface area contributed by atoms with Crippen LogP contribution in [0.5, 0.6) is 0 Å². The fourth-order valence-corrected chi connectivity index (χ4v) is 3.36. The molecule has 1 fully saturated rings. The van der Waals surface area contributed by atoms with Gasteiger partial charge < -0.3 is 25.3 Å². The number of H-pyrrole nitrogens is 1. The van der Waals surface area contributed by atoms with Gasteiger partial charge in [-0.25, -0.2) is 9.97 Å². The van der Waals surface area contributed by atoms with E-state index in [2.05, 4.69) is 25.2 Å². The molecule has 0 spiro atoms. The van der Waals surface area contributed by atoms with Crippen molar-refractivity contribution in [3.63, 3.8) is 0 Å². The third-order valence-corrected chi connectivity index (χ3v) is 5.05. The summed E-state index contributed by atoms with van der Waals surface area (Å²) in [4.78, 5) is 26.4. The van der Waals surface area contributed by atoms with E-state index < -0.39 is 0 Å². The van der Waals surface area contributed by atoms with Gasteiger partial charge in [0.2, 0.25) is 0 Å². The molecule has 3 N–H and O–H groups in total. The smallest absolute Gasteiger partial charge is 0.275 e. The monoisotopic (exact) mass is 436 g/mol. The molecule has 1 saturated heterocycles. The van der Waals surface area contributed by atoms with Crippen molar-refractivity contribution in [2.45, 2.75) is 0 Å². The Hall–Kier alpha value is -3.49. The molecule has 0 saturated carbocycles. The second-order valence-corrected chi connectivity index (χ2v) is 7.25. The number of pyridine rings is 1. The Labute approximate surface area is 184 Å². The number of carbonyl (C=O) groups excluding carboxylic acids is 1. The van der Waals surface area contributed by atoms with Gasteiger partial charge in [0, 0.05) is 23.7 Å². The van der Waals surface area contributed by atoms with Crippen LogP contribution in [-0.4, -0.2) is 52.9 Å². The SMILES string of the molecule is N=C(/C=C\c1ncc(NC(=O)c2cccc(N3CCOCC3)n2)[nH]1)c1ccccc1Cl. The van der Waals surface area contributed by atoms with E-state index in [1.165, 1.54) is 6.20 Å². The molecule has 0 unspecified atom stereocenters. The van der Waals surface area contributed by atoms with Gasteiger partial charge in [-0.3, -0.25) is 4.79 Å². The van der Waals surface area contributed by atoms with Crippen LogP contribution in [0.25, 0.3) is 6.08 Å². The standard InChI is InChI=1S/C22H21ClN6O2/c23-16-5-2-1-4-15(16)17(24)8-9-19-25-14-20(27-19)28-22(30)18-6-3-7-21(26-18)29-10-12-31-13-11-29/h1-9,14,24H,10-13H2,(H,25,27)(H,28,30)/b9-8-,24-17?. The molecular formula is C22H21ClN6O2. The molecule has 0 atom stereocenters. The van der Waals surface area contributed by atoms with Gasteiger partial charge in [0.15, 0.2) is 0 Å². The summed E-state index contributed by atoms with van der Waals surface area (Å²) in [7, 11) is 0. The lowest BCUT2D eigenvalue weighted by atomic mass is 10.1. The number of allylic oxidation sites excluding steroid dienone is 1. The summed E-state index contributed by atoms with van der Waals surface area (Å²) in [6.07, 6.45) is 4.76. The Kier molecular flexibility index (Phi) is 6.40. The molecule has 3 heterocycles. The lowest BCUT2D eigenvalue weighted by molar-refractivity contribution is 0.102. The molecule has 2 aromatic heterocycles. The first-order chi connectivity index (χ1) is 15.1. The largest absolute Gasteiger partial charge is 0.378 e. The minimum absolute atomic E-state index is 0.261. The second kappa shape index (κ2) is 9.55. The highest BCUT2D eigenvalue weighted by atomic mass is 35.5. The van der Waals surface area contributed by atoms with Crippen LogP contribution in [0.2, 0.25) is 5.02 Å². The van der Waals surface area contributed by atoms with Crippen molar-refractivity contribution in [3.8, 4) is 0 Å². The van der Waals surface area contributed by atoms with E-state index in [9.17, 15) is 4.79 Å². The molecule has 31 heavy (non-hydrogen) atoms. The highest BCUT2D eigenvalue weighted by Crippen LogP contribution is 2.17. The lowest BCUT2D eigenvalue weighted by Crippen LogP contribution is -2.37. The number of ether oxygens (including phenoxy) is 1. The van der Waals surface area contributed by atoms with Gasteiger partial charge in [0.05, 0.1) is 25.1 Å². The zero-order chi connectivity index (χ0) is 21.6. The van der Waals surface area contributed by atoms with Crippen molar-refractivity contribution in [2.24, 2.45) is 0 Å². The van der Waals surface area contributed by atoms with Crippen molar-refractivity contribution < 1.29 is 9.53 Å². The van der Waals surface area contributed by atoms with Gasteiger partial charge in [0.1, 0.15) is 23.2 Å². The van der Waals surface area contributed by atoms with Gasteiger partial charge in [0.25, 0.3) is 5.91 Å². The van der Waals surface area contributed by atoms with Gasteiger partial charge in [-0.2, -0.15) is 0 Å². The molecular weight excluding hydrogens is 416 g/mol. The van der Waals surface area contributed by atoms with Crippen LogP contribution >= 0.6 is 11.6 Å². The van der Waals surface area contributed by atoms with Crippen LogP contribution in [0, 0.1) is 5.41 Å². The van der Waals surface area contributed by atoms with Crippen molar-refractivity contribution in [1.29, 1.82) is 5.41 Å². The van der Waals surface area contributed by atoms with Crippen molar-refractivity contribution in [2.75, 3.05) is 36.5 Å². The number of anilines is 2. The molecule has 4 rings (SSSR count). The summed E-state index contributed by atoms with van der Waals surface area (Å²) < 4.78 is 5.36. The predicted molar refractivity (Wildman–Crippen MR) is 121 cm³/mol. The molecule has 1 aliphatic rings. The number of carbonyl (C=O) groups is 1. The topological polar surface area (TPSA) is 107 Å². The maximum absolute atomic E-state index is 12.6. The zero-order valence-electron chi connectivity index (χ0n) is 16.6. The maximum atomic E-state index is 12.6. The van der Waals surface area contributed by atoms with E-state index in [-0.39, 0.29) is 11.6 Å². The number of benzene rings is 1. The first-order valence-corrected chi connectivity index (χ1v) is 10.2. The number of rotatable bonds is 6. The third-order valence-electron chi connectivity index (χ3n) is 4.72. The van der Waals surface area contributed by atoms with E-state index in [1.54, 1.807) is 30.4 Å². The molecule has 0 bridgehead atoms. The Balaban J connectivity index is 1.40. The number of aromatic amines is 1. The zero-order valence-corrected chi connectivity index (χ0v) is 17.4. The summed E-state index contributed by atoms with van der Waals surface area (Å²) in [5, 5.41) is 11.4. The molecule has 1 aromatic carbocycles. The van der Waals surface area contributed by atoms with E-state index in [0.29, 0.717) is 41.1 Å². The van der Waals surface area contributed by atoms with Gasteiger partial charge in [-0.15, -0.1) is 0 Å². The Morgan fingerprint density at radius 3 is 2.81 bits per heavy atom. The minimum atomic E-state index is -0.335. The van der Waals surface area contributed by atoms with Crippen LogP contribution in [0.1, 0.15) is 21.9 Å². The number of aromatic nitrogens is 3. The molecule has 158 valence electrons. The van der Waals surface area contributed by atoms with Crippen LogP contribution in [0.15, 0.2) is 54.7 Å². The number of halogens is 1. The number of amides is 1. The van der Waals surface area contributed by atoms with E-state index in [0.717, 1.165) is 18.9 Å². The Morgan fingerprint density at radius 2 is 2.00 bits per heavy atom. The molecule has 1 aliphatic heterocycles. The molecule has 8 nitrogen and oxygen atoms in total. The molecule has 0 radical (unpaired) electrons. The summed E-state index contributed by atoms with van der Waals surface area (Å²) in [6, 6.07) is 12.5. The Morgan fingerprint density at radius 1 is 1.19 bits per heavy atom. The first kappa shape index (κ1) is 20.8. The molecule has 0 aliphatic carbocycles. The Bertz CT molecular complexity index is 1120. The highest BCUT2D eigenvalue weighted by molar-refractivity contribution is 6.34. The number of morpholine rings is 1. The highest BCUT2D eigenvalue weighted by Gasteiger charge is 2.15. The number of hydrogen-bond acceptors (Lipinski definition) is 6. The van der Waals surface area contributed by atoms with Gasteiger partial charge >= 0.3 is 0 Å². The van der Waals surface area contributed by atoms with Crippen molar-refractivity contribution in [3.05, 3.63) is 76.8 Å². The first-order valence-electron chi connectivity index (χ1n) is 9.78. The molecule has 9 heteroatoms. The summed E-state index contributed by atoms with van der Waals surface area (Å²) in [6.45, 7) is 2.79. The minimum Gasteiger partial charge on any atom is -0.378 e. The maximum Gasteiger partial charge on any atom is 0.275 e. The van der Waals surface area contributed by atoms with E-state index in [4.69, 9.17) is 21.7 Å². The number of nitrogens with zero attached hydrogens (tertiary/aromatic N) is 3. The van der Waals surface area contributed by atoms with Crippen LogP contribution in [0.4, 0.5) is 11.6 Å². The molecule has 1 amide bonds. The van der Waals surface area contributed by atoms with E-state index in [1.807, 2.05) is 24.3 Å². The van der Waals surface area contributed by atoms with Crippen LogP contribution in [0.3, 0.4) is 0 Å². The summed E-state index contributed by atoms with van der Waals surface area (Å²) in [5.41, 5.74) is 1.21. The summed E-state index contributed by atoms with van der Waals surface area (Å²) >= 11 is 6.12. The van der Waals surface area contributed by atoms with Crippen molar-refractivity contribution >= 4 is 40.9 Å². The number of imidazole rings is 1. The normalized spacial score (nSPS) is 14.0. The molecule has 3 aromatic rings. The average Bonchev–Trinajstić information content (AvgIpc) is 3.25. The lowest BCUT2D eigenvalue weighted by Gasteiger charge is -2.27. The van der Waals surface area contributed by atoms with Crippen LogP contribution < -0.4 is 10.2 Å². The third kappa shape index (κ3) is 5.17. The summed E-state index contributed by atoms with van der Waals surface area (Å²) in [5.74, 6) is 1.36. The van der Waals surface area contributed by atoms with Gasteiger partial charge in [-0.1, -0.05) is 35.9 Å². The van der Waals surface area contributed by atoms with Crippen LogP contribution in [-0.2, 0) is 4.74 Å². The fraction of sp³-hybridized carbons (Fsp3) is 0.182. The number of nitrogens with one attached hydrogen (secondary N) is 3.